The Kier molecular flexibility index (Phi) is 3.90. The maximum absolute atomic E-state index is 10.8. The van der Waals surface area contributed by atoms with E-state index in [4.69, 9.17) is 5.11 Å². The van der Waals surface area contributed by atoms with Gasteiger partial charge in [-0.15, -0.1) is 0 Å². The van der Waals surface area contributed by atoms with Crippen molar-refractivity contribution in [2.24, 2.45) is 7.05 Å². The summed E-state index contributed by atoms with van der Waals surface area (Å²) in [6, 6.07) is 2.25. The van der Waals surface area contributed by atoms with Gasteiger partial charge in [-0.1, -0.05) is 0 Å². The van der Waals surface area contributed by atoms with Crippen molar-refractivity contribution in [2.45, 2.75) is 18.9 Å². The van der Waals surface area contributed by atoms with Gasteiger partial charge in [-0.3, -0.25) is 4.68 Å². The summed E-state index contributed by atoms with van der Waals surface area (Å²) in [5, 5.41) is 16.3. The summed E-state index contributed by atoms with van der Waals surface area (Å²) < 4.78 is 1.86. The average Bonchev–Trinajstić information content (AvgIpc) is 2.94. The molecule has 1 aliphatic rings. The standard InChI is InChI=1S/C14H18N6O2/c1-19-13(4-5-17-19)20-6-2-3-10(9-20)18-12-8-15-11(7-16-12)14(21)22/h4-5,7-8,10H,2-3,6,9H2,1H3,(H,16,18)(H,21,22). The fraction of sp³-hybridized carbons (Fsp3) is 0.429. The predicted molar refractivity (Wildman–Crippen MR) is 81.1 cm³/mol. The molecule has 0 spiro atoms. The normalized spacial score (nSPS) is 18.2. The van der Waals surface area contributed by atoms with Crippen molar-refractivity contribution < 1.29 is 9.90 Å². The molecule has 2 aromatic heterocycles. The van der Waals surface area contributed by atoms with Crippen LogP contribution in [-0.4, -0.2) is 50.0 Å². The first-order chi connectivity index (χ1) is 10.6. The van der Waals surface area contributed by atoms with Crippen LogP contribution in [0.4, 0.5) is 11.6 Å². The highest BCUT2D eigenvalue weighted by molar-refractivity contribution is 5.84. The second kappa shape index (κ2) is 6.00. The van der Waals surface area contributed by atoms with Gasteiger partial charge in [0, 0.05) is 32.2 Å². The van der Waals surface area contributed by atoms with E-state index in [2.05, 4.69) is 25.3 Å². The van der Waals surface area contributed by atoms with E-state index in [1.54, 1.807) is 6.20 Å². The summed E-state index contributed by atoms with van der Waals surface area (Å²) in [5.41, 5.74) is -0.0503. The molecule has 1 unspecified atom stereocenters. The molecule has 22 heavy (non-hydrogen) atoms. The maximum atomic E-state index is 10.8. The van der Waals surface area contributed by atoms with Gasteiger partial charge in [0.25, 0.3) is 0 Å². The van der Waals surface area contributed by atoms with Gasteiger partial charge in [0.15, 0.2) is 5.69 Å². The molecule has 2 aromatic rings. The monoisotopic (exact) mass is 302 g/mol. The van der Waals surface area contributed by atoms with Crippen LogP contribution in [0.5, 0.6) is 0 Å². The van der Waals surface area contributed by atoms with E-state index in [1.807, 2.05) is 17.8 Å². The maximum Gasteiger partial charge on any atom is 0.356 e. The summed E-state index contributed by atoms with van der Waals surface area (Å²) in [4.78, 5) is 21.0. The summed E-state index contributed by atoms with van der Waals surface area (Å²) >= 11 is 0. The van der Waals surface area contributed by atoms with Crippen molar-refractivity contribution in [3.63, 3.8) is 0 Å². The zero-order chi connectivity index (χ0) is 15.5. The van der Waals surface area contributed by atoms with Gasteiger partial charge in [0.1, 0.15) is 11.6 Å². The van der Waals surface area contributed by atoms with E-state index in [9.17, 15) is 4.79 Å². The Balaban J connectivity index is 1.65. The van der Waals surface area contributed by atoms with Crippen LogP contribution in [-0.2, 0) is 7.05 Å². The molecular formula is C14H18N6O2. The minimum absolute atomic E-state index is 0.0503. The number of carbonyl (C=O) groups is 1. The lowest BCUT2D eigenvalue weighted by molar-refractivity contribution is 0.0690. The molecule has 1 aliphatic heterocycles. The van der Waals surface area contributed by atoms with Gasteiger partial charge >= 0.3 is 5.97 Å². The molecule has 3 heterocycles. The Morgan fingerprint density at radius 2 is 2.27 bits per heavy atom. The minimum atomic E-state index is -1.07. The molecule has 0 radical (unpaired) electrons. The van der Waals surface area contributed by atoms with Crippen molar-refractivity contribution in [1.82, 2.24) is 19.7 Å². The first-order valence-electron chi connectivity index (χ1n) is 7.18. The second-order valence-electron chi connectivity index (χ2n) is 5.33. The van der Waals surface area contributed by atoms with Gasteiger partial charge in [-0.2, -0.15) is 5.10 Å². The van der Waals surface area contributed by atoms with Gasteiger partial charge in [-0.25, -0.2) is 14.8 Å². The highest BCUT2D eigenvalue weighted by atomic mass is 16.4. The summed E-state index contributed by atoms with van der Waals surface area (Å²) in [7, 11) is 1.93. The molecule has 3 rings (SSSR count). The van der Waals surface area contributed by atoms with E-state index in [0.29, 0.717) is 5.82 Å². The predicted octanol–water partition coefficient (Wildman–Crippen LogP) is 0.989. The van der Waals surface area contributed by atoms with Crippen molar-refractivity contribution in [3.8, 4) is 0 Å². The van der Waals surface area contributed by atoms with Gasteiger partial charge in [0.05, 0.1) is 18.6 Å². The first-order valence-corrected chi connectivity index (χ1v) is 7.18. The van der Waals surface area contributed by atoms with Crippen molar-refractivity contribution in [3.05, 3.63) is 30.4 Å². The first kappa shape index (κ1) is 14.3. The zero-order valence-electron chi connectivity index (χ0n) is 12.3. The molecule has 0 aromatic carbocycles. The van der Waals surface area contributed by atoms with Crippen LogP contribution in [0, 0.1) is 0 Å². The number of nitrogens with one attached hydrogen (secondary N) is 1. The number of aryl methyl sites for hydroxylation is 1. The molecule has 0 saturated carbocycles. The minimum Gasteiger partial charge on any atom is -0.476 e. The molecule has 8 heteroatoms. The number of hydrogen-bond donors (Lipinski definition) is 2. The van der Waals surface area contributed by atoms with Crippen LogP contribution < -0.4 is 10.2 Å². The van der Waals surface area contributed by atoms with Crippen LogP contribution in [0.3, 0.4) is 0 Å². The number of rotatable bonds is 4. The number of piperidine rings is 1. The highest BCUT2D eigenvalue weighted by Gasteiger charge is 2.22. The Labute approximate surface area is 127 Å². The Morgan fingerprint density at radius 3 is 2.91 bits per heavy atom. The topological polar surface area (TPSA) is 96.2 Å². The van der Waals surface area contributed by atoms with E-state index < -0.39 is 5.97 Å². The molecule has 0 amide bonds. The number of aromatic nitrogens is 4. The largest absolute Gasteiger partial charge is 0.476 e. The number of aromatic carboxylic acids is 1. The van der Waals surface area contributed by atoms with Crippen molar-refractivity contribution >= 4 is 17.6 Å². The van der Waals surface area contributed by atoms with Crippen molar-refractivity contribution in [2.75, 3.05) is 23.3 Å². The average molecular weight is 302 g/mol. The molecule has 0 bridgehead atoms. The smallest absolute Gasteiger partial charge is 0.356 e. The number of carboxylic acid groups (broad SMARTS) is 1. The SMILES string of the molecule is Cn1nccc1N1CCCC(Nc2cnc(C(=O)O)cn2)C1. The lowest BCUT2D eigenvalue weighted by Crippen LogP contribution is -2.43. The molecule has 1 saturated heterocycles. The van der Waals surface area contributed by atoms with Crippen LogP contribution in [0.2, 0.25) is 0 Å². The molecule has 2 N–H and O–H groups in total. The number of hydrogen-bond acceptors (Lipinski definition) is 6. The Bertz CT molecular complexity index is 654. The van der Waals surface area contributed by atoms with E-state index in [1.165, 1.54) is 12.4 Å². The van der Waals surface area contributed by atoms with Gasteiger partial charge < -0.3 is 15.3 Å². The Morgan fingerprint density at radius 1 is 1.41 bits per heavy atom. The number of nitrogens with zero attached hydrogens (tertiary/aromatic N) is 5. The Hall–Kier alpha value is -2.64. The lowest BCUT2D eigenvalue weighted by atomic mass is 10.1. The van der Waals surface area contributed by atoms with Gasteiger partial charge in [-0.05, 0) is 12.8 Å². The molecule has 1 atom stereocenters. The number of carboxylic acids is 1. The fourth-order valence-electron chi connectivity index (χ4n) is 2.70. The van der Waals surface area contributed by atoms with Crippen molar-refractivity contribution in [1.29, 1.82) is 0 Å². The third kappa shape index (κ3) is 3.00. The molecule has 0 aliphatic carbocycles. The van der Waals surface area contributed by atoms with Crippen LogP contribution >= 0.6 is 0 Å². The van der Waals surface area contributed by atoms with E-state index in [-0.39, 0.29) is 11.7 Å². The fourth-order valence-corrected chi connectivity index (χ4v) is 2.70. The zero-order valence-corrected chi connectivity index (χ0v) is 12.3. The van der Waals surface area contributed by atoms with Crippen LogP contribution in [0.1, 0.15) is 23.3 Å². The third-order valence-electron chi connectivity index (χ3n) is 3.76. The lowest BCUT2D eigenvalue weighted by Gasteiger charge is -2.34. The third-order valence-corrected chi connectivity index (χ3v) is 3.76. The molecular weight excluding hydrogens is 284 g/mol. The molecule has 1 fully saturated rings. The van der Waals surface area contributed by atoms with Gasteiger partial charge in [0.2, 0.25) is 0 Å². The van der Waals surface area contributed by atoms with Crippen LogP contribution in [0.25, 0.3) is 0 Å². The summed E-state index contributed by atoms with van der Waals surface area (Å²) in [5.74, 6) is 0.625. The summed E-state index contributed by atoms with van der Waals surface area (Å²) in [6.45, 7) is 1.85. The molecule has 8 nitrogen and oxygen atoms in total. The highest BCUT2D eigenvalue weighted by Crippen LogP contribution is 2.20. The molecule has 116 valence electrons. The summed E-state index contributed by atoms with van der Waals surface area (Å²) in [6.07, 6.45) is 6.64. The van der Waals surface area contributed by atoms with Crippen LogP contribution in [0.15, 0.2) is 24.7 Å². The quantitative estimate of drug-likeness (QED) is 0.869. The van der Waals surface area contributed by atoms with E-state index >= 15 is 0 Å². The van der Waals surface area contributed by atoms with E-state index in [0.717, 1.165) is 31.7 Å². The second-order valence-corrected chi connectivity index (χ2v) is 5.33. The number of anilines is 2.